The van der Waals surface area contributed by atoms with Gasteiger partial charge in [0.2, 0.25) is 5.95 Å². The third-order valence-electron chi connectivity index (χ3n) is 1.89. The predicted octanol–water partition coefficient (Wildman–Crippen LogP) is 2.00. The van der Waals surface area contributed by atoms with Gasteiger partial charge in [-0.3, -0.25) is 0 Å². The van der Waals surface area contributed by atoms with Crippen LogP contribution in [0.25, 0.3) is 0 Å². The summed E-state index contributed by atoms with van der Waals surface area (Å²) in [6, 6.07) is 0.387. The van der Waals surface area contributed by atoms with Crippen LogP contribution in [0.15, 0.2) is 0 Å². The van der Waals surface area contributed by atoms with Crippen molar-refractivity contribution in [3.63, 3.8) is 0 Å². The molecule has 0 radical (unpaired) electrons. The molecule has 0 saturated carbocycles. The molecule has 5 heteroatoms. The Morgan fingerprint density at radius 3 is 2.31 bits per heavy atom. The molecule has 0 aromatic carbocycles. The van der Waals surface area contributed by atoms with Gasteiger partial charge in [0.1, 0.15) is 5.82 Å². The van der Waals surface area contributed by atoms with Crippen molar-refractivity contribution in [1.82, 2.24) is 15.0 Å². The van der Waals surface area contributed by atoms with E-state index >= 15 is 0 Å². The summed E-state index contributed by atoms with van der Waals surface area (Å²) in [7, 11) is 0. The maximum Gasteiger partial charge on any atom is 0.321 e. The molecular formula is C11H20N4O. The van der Waals surface area contributed by atoms with Crippen LogP contribution in [0.4, 0.5) is 5.95 Å². The number of ether oxygens (including phenoxy) is 1. The first-order valence-electron chi connectivity index (χ1n) is 5.60. The summed E-state index contributed by atoms with van der Waals surface area (Å²) in [5.74, 6) is 1.31. The van der Waals surface area contributed by atoms with Crippen LogP contribution in [0.2, 0.25) is 0 Å². The van der Waals surface area contributed by atoms with Gasteiger partial charge in [-0.25, -0.2) is 0 Å². The van der Waals surface area contributed by atoms with Crippen molar-refractivity contribution in [2.75, 3.05) is 18.5 Å². The van der Waals surface area contributed by atoms with E-state index in [1.165, 1.54) is 0 Å². The Morgan fingerprint density at radius 2 is 1.81 bits per heavy atom. The molecule has 0 bridgehead atoms. The summed E-state index contributed by atoms with van der Waals surface area (Å²) in [6.07, 6.45) is 0. The van der Waals surface area contributed by atoms with Gasteiger partial charge < -0.3 is 10.1 Å². The van der Waals surface area contributed by atoms with Crippen LogP contribution < -0.4 is 10.1 Å². The van der Waals surface area contributed by atoms with Gasteiger partial charge in [-0.1, -0.05) is 20.8 Å². The number of nitrogens with one attached hydrogen (secondary N) is 1. The van der Waals surface area contributed by atoms with E-state index in [9.17, 15) is 0 Å². The number of hydrogen-bond donors (Lipinski definition) is 1. The van der Waals surface area contributed by atoms with Crippen molar-refractivity contribution in [1.29, 1.82) is 0 Å². The predicted molar refractivity (Wildman–Crippen MR) is 63.9 cm³/mol. The van der Waals surface area contributed by atoms with Crippen LogP contribution in [-0.4, -0.2) is 28.1 Å². The standard InChI is InChI=1S/C11H20N4O/c1-6-12-9-13-8(11(3,4)5)14-10(15-9)16-7-2/h6-7H2,1-5H3,(H,12,13,14,15). The molecule has 0 amide bonds. The lowest BCUT2D eigenvalue weighted by Crippen LogP contribution is -2.19. The van der Waals surface area contributed by atoms with E-state index in [1.54, 1.807) is 0 Å². The minimum Gasteiger partial charge on any atom is -0.464 e. The molecule has 1 aromatic rings. The third-order valence-corrected chi connectivity index (χ3v) is 1.89. The molecule has 0 fully saturated rings. The van der Waals surface area contributed by atoms with E-state index in [2.05, 4.69) is 41.0 Å². The van der Waals surface area contributed by atoms with Crippen LogP contribution in [0.5, 0.6) is 6.01 Å². The van der Waals surface area contributed by atoms with Crippen LogP contribution in [-0.2, 0) is 5.41 Å². The third kappa shape index (κ3) is 3.32. The first-order valence-corrected chi connectivity index (χ1v) is 5.60. The first-order chi connectivity index (χ1) is 7.47. The molecule has 0 atom stereocenters. The summed E-state index contributed by atoms with van der Waals surface area (Å²) in [5.41, 5.74) is -0.112. The van der Waals surface area contributed by atoms with E-state index in [1.807, 2.05) is 13.8 Å². The van der Waals surface area contributed by atoms with Crippen molar-refractivity contribution >= 4 is 5.95 Å². The highest BCUT2D eigenvalue weighted by Crippen LogP contribution is 2.20. The Balaban J connectivity index is 3.08. The Hall–Kier alpha value is -1.39. The van der Waals surface area contributed by atoms with Crippen LogP contribution in [0.3, 0.4) is 0 Å². The van der Waals surface area contributed by atoms with Gasteiger partial charge in [-0.15, -0.1) is 0 Å². The van der Waals surface area contributed by atoms with E-state index in [0.29, 0.717) is 18.6 Å². The molecule has 0 aliphatic carbocycles. The molecule has 0 saturated heterocycles. The molecule has 0 aliphatic rings. The van der Waals surface area contributed by atoms with Gasteiger partial charge in [0.25, 0.3) is 0 Å². The zero-order valence-electron chi connectivity index (χ0n) is 10.7. The largest absolute Gasteiger partial charge is 0.464 e. The lowest BCUT2D eigenvalue weighted by molar-refractivity contribution is 0.307. The topological polar surface area (TPSA) is 59.9 Å². The highest BCUT2D eigenvalue weighted by Gasteiger charge is 2.20. The van der Waals surface area contributed by atoms with Crippen LogP contribution in [0, 0.1) is 0 Å². The molecule has 1 heterocycles. The van der Waals surface area contributed by atoms with Gasteiger partial charge in [0, 0.05) is 12.0 Å². The van der Waals surface area contributed by atoms with E-state index < -0.39 is 0 Å². The van der Waals surface area contributed by atoms with Crippen molar-refractivity contribution in [3.05, 3.63) is 5.82 Å². The Labute approximate surface area is 96.7 Å². The lowest BCUT2D eigenvalue weighted by Gasteiger charge is -2.17. The molecule has 1 aromatic heterocycles. The molecule has 90 valence electrons. The Kier molecular flexibility index (Phi) is 4.04. The van der Waals surface area contributed by atoms with Crippen molar-refractivity contribution in [3.8, 4) is 6.01 Å². The summed E-state index contributed by atoms with van der Waals surface area (Å²) >= 11 is 0. The van der Waals surface area contributed by atoms with Gasteiger partial charge in [-0.05, 0) is 13.8 Å². The number of aromatic nitrogens is 3. The quantitative estimate of drug-likeness (QED) is 0.847. The van der Waals surface area contributed by atoms with Crippen molar-refractivity contribution < 1.29 is 4.74 Å². The van der Waals surface area contributed by atoms with Gasteiger partial charge in [0.05, 0.1) is 6.61 Å². The van der Waals surface area contributed by atoms with Gasteiger partial charge >= 0.3 is 6.01 Å². The highest BCUT2D eigenvalue weighted by molar-refractivity contribution is 5.27. The van der Waals surface area contributed by atoms with Crippen molar-refractivity contribution in [2.45, 2.75) is 40.0 Å². The van der Waals surface area contributed by atoms with E-state index in [-0.39, 0.29) is 5.41 Å². The summed E-state index contributed by atoms with van der Waals surface area (Å²) in [6.45, 7) is 11.4. The minimum absolute atomic E-state index is 0.112. The Morgan fingerprint density at radius 1 is 1.12 bits per heavy atom. The van der Waals surface area contributed by atoms with Gasteiger partial charge in [-0.2, -0.15) is 15.0 Å². The molecule has 0 spiro atoms. The second kappa shape index (κ2) is 5.09. The fourth-order valence-corrected chi connectivity index (χ4v) is 1.12. The first kappa shape index (κ1) is 12.7. The summed E-state index contributed by atoms with van der Waals surface area (Å²) in [5, 5.41) is 3.08. The fourth-order valence-electron chi connectivity index (χ4n) is 1.12. The molecule has 0 unspecified atom stereocenters. The van der Waals surface area contributed by atoms with Crippen molar-refractivity contribution in [2.24, 2.45) is 0 Å². The smallest absolute Gasteiger partial charge is 0.321 e. The maximum atomic E-state index is 5.33. The number of hydrogen-bond acceptors (Lipinski definition) is 5. The maximum absolute atomic E-state index is 5.33. The SMILES string of the molecule is CCNc1nc(OCC)nc(C(C)(C)C)n1. The number of anilines is 1. The second-order valence-electron chi connectivity index (χ2n) is 4.48. The second-order valence-corrected chi connectivity index (χ2v) is 4.48. The Bertz CT molecular complexity index is 322. The van der Waals surface area contributed by atoms with Crippen LogP contribution in [0.1, 0.15) is 40.4 Å². The average Bonchev–Trinajstić information content (AvgIpc) is 2.17. The zero-order valence-corrected chi connectivity index (χ0v) is 10.7. The monoisotopic (exact) mass is 224 g/mol. The summed E-state index contributed by atoms with van der Waals surface area (Å²) < 4.78 is 5.33. The lowest BCUT2D eigenvalue weighted by atomic mass is 9.96. The fraction of sp³-hybridized carbons (Fsp3) is 0.727. The highest BCUT2D eigenvalue weighted by atomic mass is 16.5. The summed E-state index contributed by atoms with van der Waals surface area (Å²) in [4.78, 5) is 12.8. The molecule has 16 heavy (non-hydrogen) atoms. The average molecular weight is 224 g/mol. The zero-order chi connectivity index (χ0) is 12.2. The molecule has 0 aliphatic heterocycles. The molecule has 1 rings (SSSR count). The number of rotatable bonds is 4. The normalized spacial score (nSPS) is 11.3. The molecule has 5 nitrogen and oxygen atoms in total. The van der Waals surface area contributed by atoms with E-state index in [4.69, 9.17) is 4.74 Å². The molecular weight excluding hydrogens is 204 g/mol. The van der Waals surface area contributed by atoms with E-state index in [0.717, 1.165) is 12.4 Å². The van der Waals surface area contributed by atoms with Gasteiger partial charge in [0.15, 0.2) is 0 Å². The molecule has 1 N–H and O–H groups in total. The minimum atomic E-state index is -0.112. The van der Waals surface area contributed by atoms with Crippen LogP contribution >= 0.6 is 0 Å². The number of nitrogens with zero attached hydrogens (tertiary/aromatic N) is 3.